The van der Waals surface area contributed by atoms with Crippen molar-refractivity contribution in [3.05, 3.63) is 33.3 Å². The Morgan fingerprint density at radius 1 is 1.20 bits per heavy atom. The Hall–Kier alpha value is -0.920. The molecule has 0 aliphatic rings. The van der Waals surface area contributed by atoms with E-state index in [1.165, 1.54) is 0 Å². The lowest BCUT2D eigenvalue weighted by atomic mass is 10.1. The van der Waals surface area contributed by atoms with E-state index in [9.17, 15) is 13.2 Å². The van der Waals surface area contributed by atoms with Gasteiger partial charge in [0.1, 0.15) is 0 Å². The minimum atomic E-state index is -4.49. The molecule has 1 nitrogen and oxygen atoms in total. The van der Waals surface area contributed by atoms with E-state index in [1.807, 2.05) is 0 Å². The first-order chi connectivity index (χ1) is 6.86. The van der Waals surface area contributed by atoms with Crippen molar-refractivity contribution in [1.29, 1.82) is 5.26 Å². The van der Waals surface area contributed by atoms with Crippen molar-refractivity contribution in [2.24, 2.45) is 0 Å². The van der Waals surface area contributed by atoms with Crippen LogP contribution in [-0.4, -0.2) is 0 Å². The summed E-state index contributed by atoms with van der Waals surface area (Å²) in [5.41, 5.74) is -0.701. The predicted octanol–water partition coefficient (Wildman–Crippen LogP) is 4.08. The van der Waals surface area contributed by atoms with Gasteiger partial charge in [-0.2, -0.15) is 18.4 Å². The fraction of sp³-hybridized carbons (Fsp3) is 0.222. The molecule has 0 unspecified atom stereocenters. The molecule has 0 amide bonds. The standard InChI is InChI=1S/C9H4Cl2F3N/c10-7-3-5(9(12,13)14)4-8(11)6(7)1-2-15/h3-4H,1H2. The van der Waals surface area contributed by atoms with Crippen LogP contribution in [0.3, 0.4) is 0 Å². The zero-order valence-corrected chi connectivity index (χ0v) is 8.71. The average Bonchev–Trinajstić information content (AvgIpc) is 2.09. The molecule has 0 bridgehead atoms. The smallest absolute Gasteiger partial charge is 0.198 e. The van der Waals surface area contributed by atoms with Gasteiger partial charge in [-0.15, -0.1) is 0 Å². The molecule has 0 spiro atoms. The van der Waals surface area contributed by atoms with Gasteiger partial charge in [0.2, 0.25) is 0 Å². The molecule has 0 fully saturated rings. The molecule has 15 heavy (non-hydrogen) atoms. The van der Waals surface area contributed by atoms with Crippen molar-refractivity contribution >= 4 is 23.2 Å². The molecule has 0 saturated carbocycles. The molecule has 0 N–H and O–H groups in total. The molecule has 0 heterocycles. The van der Waals surface area contributed by atoms with Gasteiger partial charge in [0, 0.05) is 15.6 Å². The van der Waals surface area contributed by atoms with Gasteiger partial charge in [0.15, 0.2) is 0 Å². The van der Waals surface area contributed by atoms with Crippen LogP contribution in [-0.2, 0) is 12.6 Å². The number of hydrogen-bond donors (Lipinski definition) is 0. The van der Waals surface area contributed by atoms with Gasteiger partial charge in [-0.05, 0) is 12.1 Å². The number of halogens is 5. The number of rotatable bonds is 1. The van der Waals surface area contributed by atoms with Crippen LogP contribution >= 0.6 is 23.2 Å². The van der Waals surface area contributed by atoms with Crippen molar-refractivity contribution in [3.8, 4) is 6.07 Å². The normalized spacial score (nSPS) is 11.2. The van der Waals surface area contributed by atoms with Gasteiger partial charge in [-0.1, -0.05) is 23.2 Å². The molecule has 0 aromatic heterocycles. The van der Waals surface area contributed by atoms with E-state index in [4.69, 9.17) is 28.5 Å². The molecule has 0 aliphatic heterocycles. The molecule has 0 radical (unpaired) electrons. The maximum atomic E-state index is 12.3. The van der Waals surface area contributed by atoms with Crippen molar-refractivity contribution < 1.29 is 13.2 Å². The summed E-state index contributed by atoms with van der Waals surface area (Å²) in [6.45, 7) is 0. The van der Waals surface area contributed by atoms with Gasteiger partial charge in [0.25, 0.3) is 0 Å². The Kier molecular flexibility index (Phi) is 3.48. The first kappa shape index (κ1) is 12.2. The first-order valence-corrected chi connectivity index (χ1v) is 4.54. The Balaban J connectivity index is 3.27. The maximum Gasteiger partial charge on any atom is 0.416 e. The summed E-state index contributed by atoms with van der Waals surface area (Å²) in [4.78, 5) is 0. The van der Waals surface area contributed by atoms with Crippen molar-refractivity contribution in [1.82, 2.24) is 0 Å². The van der Waals surface area contributed by atoms with E-state index in [0.29, 0.717) is 0 Å². The SMILES string of the molecule is N#CCc1c(Cl)cc(C(F)(F)F)cc1Cl. The quantitative estimate of drug-likeness (QED) is 0.740. The third kappa shape index (κ3) is 2.77. The largest absolute Gasteiger partial charge is 0.416 e. The van der Waals surface area contributed by atoms with Gasteiger partial charge in [-0.25, -0.2) is 0 Å². The summed E-state index contributed by atoms with van der Waals surface area (Å²) in [5, 5.41) is 8.12. The Morgan fingerprint density at radius 2 is 1.67 bits per heavy atom. The second-order valence-electron chi connectivity index (χ2n) is 2.75. The summed E-state index contributed by atoms with van der Waals surface area (Å²) in [5.74, 6) is 0. The number of nitriles is 1. The van der Waals surface area contributed by atoms with E-state index in [0.717, 1.165) is 12.1 Å². The number of hydrogen-bond acceptors (Lipinski definition) is 1. The summed E-state index contributed by atoms with van der Waals surface area (Å²) in [6, 6.07) is 3.30. The van der Waals surface area contributed by atoms with Crippen LogP contribution in [0.4, 0.5) is 13.2 Å². The second-order valence-corrected chi connectivity index (χ2v) is 3.57. The Morgan fingerprint density at radius 3 is 2.00 bits per heavy atom. The van der Waals surface area contributed by atoms with Crippen molar-refractivity contribution in [2.45, 2.75) is 12.6 Å². The van der Waals surface area contributed by atoms with Crippen LogP contribution in [0.15, 0.2) is 12.1 Å². The van der Waals surface area contributed by atoms with Gasteiger partial charge < -0.3 is 0 Å². The highest BCUT2D eigenvalue weighted by Gasteiger charge is 2.31. The van der Waals surface area contributed by atoms with Crippen LogP contribution in [0.5, 0.6) is 0 Å². The summed E-state index contributed by atoms with van der Waals surface area (Å²) in [6.07, 6.45) is -4.60. The monoisotopic (exact) mass is 253 g/mol. The fourth-order valence-electron chi connectivity index (χ4n) is 1.01. The highest BCUT2D eigenvalue weighted by molar-refractivity contribution is 6.36. The molecule has 0 atom stereocenters. The van der Waals surface area contributed by atoms with Crippen LogP contribution in [0.2, 0.25) is 10.0 Å². The van der Waals surface area contributed by atoms with Gasteiger partial charge in [0.05, 0.1) is 18.1 Å². The maximum absolute atomic E-state index is 12.3. The molecule has 1 aromatic rings. The number of alkyl halides is 3. The zero-order chi connectivity index (χ0) is 11.6. The summed E-state index contributed by atoms with van der Waals surface area (Å²) < 4.78 is 36.8. The third-order valence-corrected chi connectivity index (χ3v) is 2.40. The molecule has 0 saturated heterocycles. The van der Waals surface area contributed by atoms with Crippen LogP contribution in [0.25, 0.3) is 0 Å². The van der Waals surface area contributed by atoms with Gasteiger partial charge in [-0.3, -0.25) is 0 Å². The highest BCUT2D eigenvalue weighted by atomic mass is 35.5. The molecule has 1 aromatic carbocycles. The summed E-state index contributed by atoms with van der Waals surface area (Å²) in [7, 11) is 0. The van der Waals surface area contributed by atoms with Gasteiger partial charge >= 0.3 is 6.18 Å². The molecule has 1 rings (SSSR count). The van der Waals surface area contributed by atoms with Crippen LogP contribution in [0, 0.1) is 11.3 Å². The lowest BCUT2D eigenvalue weighted by Crippen LogP contribution is -2.05. The molecule has 6 heteroatoms. The zero-order valence-electron chi connectivity index (χ0n) is 7.20. The highest BCUT2D eigenvalue weighted by Crippen LogP contribution is 2.35. The van der Waals surface area contributed by atoms with Crippen LogP contribution in [0.1, 0.15) is 11.1 Å². The predicted molar refractivity (Wildman–Crippen MR) is 50.8 cm³/mol. The van der Waals surface area contributed by atoms with E-state index >= 15 is 0 Å². The molecule has 0 aliphatic carbocycles. The van der Waals surface area contributed by atoms with E-state index in [1.54, 1.807) is 6.07 Å². The average molecular weight is 254 g/mol. The first-order valence-electron chi connectivity index (χ1n) is 3.78. The number of nitrogens with zero attached hydrogens (tertiary/aromatic N) is 1. The van der Waals surface area contributed by atoms with Crippen LogP contribution < -0.4 is 0 Å². The lowest BCUT2D eigenvalue weighted by Gasteiger charge is -2.10. The van der Waals surface area contributed by atoms with E-state index in [2.05, 4.69) is 0 Å². The van der Waals surface area contributed by atoms with E-state index < -0.39 is 11.7 Å². The Bertz CT molecular complexity index is 397. The lowest BCUT2D eigenvalue weighted by molar-refractivity contribution is -0.137. The van der Waals surface area contributed by atoms with E-state index in [-0.39, 0.29) is 22.0 Å². The molecular weight excluding hydrogens is 250 g/mol. The third-order valence-electron chi connectivity index (χ3n) is 1.72. The molecular formula is C9H4Cl2F3N. The van der Waals surface area contributed by atoms with Crippen molar-refractivity contribution in [3.63, 3.8) is 0 Å². The number of benzene rings is 1. The minimum absolute atomic E-state index is 0.115. The second kappa shape index (κ2) is 4.30. The minimum Gasteiger partial charge on any atom is -0.198 e. The summed E-state index contributed by atoms with van der Waals surface area (Å²) >= 11 is 11.2. The topological polar surface area (TPSA) is 23.8 Å². The van der Waals surface area contributed by atoms with Crippen molar-refractivity contribution in [2.75, 3.05) is 0 Å². The molecule has 80 valence electrons. The fourth-order valence-corrected chi connectivity index (χ4v) is 1.64. The Labute approximate surface area is 94.0 Å².